The minimum absolute atomic E-state index is 0.305. The van der Waals surface area contributed by atoms with Gasteiger partial charge in [0.2, 0.25) is 0 Å². The fourth-order valence-electron chi connectivity index (χ4n) is 1.87. The monoisotopic (exact) mass is 374 g/mol. The molecule has 2 rings (SSSR count). The van der Waals surface area contributed by atoms with E-state index in [0.29, 0.717) is 16.5 Å². The molecule has 0 fully saturated rings. The topological polar surface area (TPSA) is 18.5 Å². The summed E-state index contributed by atoms with van der Waals surface area (Å²) in [4.78, 5) is 0. The Hall–Kier alpha value is -0.900. The fourth-order valence-corrected chi connectivity index (χ4v) is 2.58. The van der Waals surface area contributed by atoms with Gasteiger partial charge >= 0.3 is 0 Å². The summed E-state index contributed by atoms with van der Waals surface area (Å²) < 4.78 is 11.4. The van der Waals surface area contributed by atoms with E-state index in [9.17, 15) is 0 Å². The van der Waals surface area contributed by atoms with Crippen LogP contribution in [0.3, 0.4) is 0 Å². The van der Waals surface area contributed by atoms with Crippen LogP contribution in [0.25, 0.3) is 0 Å². The summed E-state index contributed by atoms with van der Waals surface area (Å²) in [5.74, 6) is 1.33. The molecule has 0 saturated carbocycles. The van der Waals surface area contributed by atoms with Gasteiger partial charge in [0.15, 0.2) is 11.5 Å². The second-order valence-electron chi connectivity index (χ2n) is 4.15. The summed E-state index contributed by atoms with van der Waals surface area (Å²) >= 11 is 16.0. The molecule has 2 aromatic carbocycles. The second-order valence-corrected chi connectivity index (χ2v) is 5.85. The minimum atomic E-state index is -0.305. The quantitative estimate of drug-likeness (QED) is 0.661. The molecule has 0 aliphatic rings. The average Bonchev–Trinajstić information content (AvgIpc) is 2.48. The van der Waals surface area contributed by atoms with Gasteiger partial charge in [0.25, 0.3) is 0 Å². The average molecular weight is 376 g/mol. The van der Waals surface area contributed by atoms with Crippen LogP contribution in [0.2, 0.25) is 5.02 Å². The van der Waals surface area contributed by atoms with Crippen molar-refractivity contribution in [2.75, 3.05) is 14.2 Å². The minimum Gasteiger partial charge on any atom is -0.493 e. The van der Waals surface area contributed by atoms with Crippen molar-refractivity contribution >= 4 is 39.1 Å². The van der Waals surface area contributed by atoms with Crippen LogP contribution in [0.15, 0.2) is 40.9 Å². The Bertz CT molecular complexity index is 617. The zero-order valence-electron chi connectivity index (χ0n) is 11.0. The normalized spacial score (nSPS) is 12.1. The lowest BCUT2D eigenvalue weighted by atomic mass is 10.0. The summed E-state index contributed by atoms with van der Waals surface area (Å²) in [6.45, 7) is 0. The second kappa shape index (κ2) is 6.70. The zero-order chi connectivity index (χ0) is 14.7. The molecule has 0 N–H and O–H groups in total. The van der Waals surface area contributed by atoms with Gasteiger partial charge in [-0.1, -0.05) is 23.7 Å². The lowest BCUT2D eigenvalue weighted by molar-refractivity contribution is 0.354. The van der Waals surface area contributed by atoms with Gasteiger partial charge in [-0.2, -0.15) is 0 Å². The van der Waals surface area contributed by atoms with Gasteiger partial charge in [-0.3, -0.25) is 0 Å². The standard InChI is InChI=1S/C15H13BrCl2O2/c1-19-13-6-4-10(8-14(13)20-2)15(18)9-3-5-11(16)12(17)7-9/h3-8,15H,1-2H3. The summed E-state index contributed by atoms with van der Waals surface area (Å²) in [7, 11) is 3.20. The van der Waals surface area contributed by atoms with Crippen LogP contribution < -0.4 is 9.47 Å². The molecule has 1 atom stereocenters. The number of alkyl halides is 1. The molecule has 0 aromatic heterocycles. The first-order chi connectivity index (χ1) is 9.56. The van der Waals surface area contributed by atoms with Crippen molar-refractivity contribution in [1.29, 1.82) is 0 Å². The van der Waals surface area contributed by atoms with Crippen LogP contribution in [0, 0.1) is 0 Å². The van der Waals surface area contributed by atoms with Gasteiger partial charge in [0, 0.05) is 4.47 Å². The molecule has 2 aromatic rings. The Labute approximate surface area is 136 Å². The number of halogens is 3. The number of hydrogen-bond donors (Lipinski definition) is 0. The number of benzene rings is 2. The van der Waals surface area contributed by atoms with Crippen molar-refractivity contribution in [2.24, 2.45) is 0 Å². The molecule has 0 radical (unpaired) electrons. The van der Waals surface area contributed by atoms with E-state index in [1.54, 1.807) is 14.2 Å². The highest BCUT2D eigenvalue weighted by molar-refractivity contribution is 9.10. The van der Waals surface area contributed by atoms with E-state index in [4.69, 9.17) is 32.7 Å². The highest BCUT2D eigenvalue weighted by atomic mass is 79.9. The van der Waals surface area contributed by atoms with Crippen LogP contribution in [-0.4, -0.2) is 14.2 Å². The van der Waals surface area contributed by atoms with E-state index in [1.165, 1.54) is 0 Å². The molecule has 0 aliphatic heterocycles. The maximum absolute atomic E-state index is 6.51. The van der Waals surface area contributed by atoms with Crippen LogP contribution in [0.4, 0.5) is 0 Å². The summed E-state index contributed by atoms with van der Waals surface area (Å²) in [6.07, 6.45) is 0. The van der Waals surface area contributed by atoms with Gasteiger partial charge in [-0.05, 0) is 51.3 Å². The van der Waals surface area contributed by atoms with Crippen LogP contribution >= 0.6 is 39.1 Å². The van der Waals surface area contributed by atoms with E-state index < -0.39 is 0 Å². The lowest BCUT2D eigenvalue weighted by Gasteiger charge is -2.14. The maximum atomic E-state index is 6.51. The smallest absolute Gasteiger partial charge is 0.161 e. The molecule has 0 spiro atoms. The number of ether oxygens (including phenoxy) is 2. The predicted molar refractivity (Wildman–Crippen MR) is 86.4 cm³/mol. The molecular formula is C15H13BrCl2O2. The lowest BCUT2D eigenvalue weighted by Crippen LogP contribution is -1.96. The number of hydrogen-bond acceptors (Lipinski definition) is 2. The van der Waals surface area contributed by atoms with Crippen molar-refractivity contribution < 1.29 is 9.47 Å². The highest BCUT2D eigenvalue weighted by Crippen LogP contribution is 2.37. The third kappa shape index (κ3) is 3.22. The van der Waals surface area contributed by atoms with Crippen LogP contribution in [0.1, 0.15) is 16.5 Å². The Morgan fingerprint density at radius 1 is 0.950 bits per heavy atom. The Balaban J connectivity index is 2.37. The van der Waals surface area contributed by atoms with Gasteiger partial charge in [0.1, 0.15) is 0 Å². The zero-order valence-corrected chi connectivity index (χ0v) is 14.1. The SMILES string of the molecule is COc1ccc(C(Cl)c2ccc(Br)c(Cl)c2)cc1OC. The third-order valence-electron chi connectivity index (χ3n) is 2.94. The molecule has 20 heavy (non-hydrogen) atoms. The maximum Gasteiger partial charge on any atom is 0.161 e. The molecule has 0 bridgehead atoms. The Morgan fingerprint density at radius 3 is 2.15 bits per heavy atom. The van der Waals surface area contributed by atoms with E-state index in [1.807, 2.05) is 36.4 Å². The van der Waals surface area contributed by atoms with Crippen LogP contribution in [-0.2, 0) is 0 Å². The van der Waals surface area contributed by atoms with Crippen molar-refractivity contribution in [3.8, 4) is 11.5 Å². The van der Waals surface area contributed by atoms with Gasteiger partial charge < -0.3 is 9.47 Å². The predicted octanol–water partition coefficient (Wildman–Crippen LogP) is 5.45. The molecule has 0 saturated heterocycles. The molecular weight excluding hydrogens is 363 g/mol. The first-order valence-electron chi connectivity index (χ1n) is 5.87. The van der Waals surface area contributed by atoms with Crippen LogP contribution in [0.5, 0.6) is 11.5 Å². The molecule has 106 valence electrons. The molecule has 1 unspecified atom stereocenters. The first-order valence-corrected chi connectivity index (χ1v) is 7.48. The van der Waals surface area contributed by atoms with Gasteiger partial charge in [0.05, 0.1) is 24.6 Å². The first kappa shape index (κ1) is 15.5. The van der Waals surface area contributed by atoms with E-state index >= 15 is 0 Å². The van der Waals surface area contributed by atoms with E-state index in [2.05, 4.69) is 15.9 Å². The van der Waals surface area contributed by atoms with Crippen molar-refractivity contribution in [1.82, 2.24) is 0 Å². The Kier molecular flexibility index (Phi) is 5.19. The molecule has 0 aliphatic carbocycles. The number of rotatable bonds is 4. The highest BCUT2D eigenvalue weighted by Gasteiger charge is 2.15. The van der Waals surface area contributed by atoms with Crippen molar-refractivity contribution in [3.05, 3.63) is 57.0 Å². The van der Waals surface area contributed by atoms with Crippen molar-refractivity contribution in [3.63, 3.8) is 0 Å². The Morgan fingerprint density at radius 2 is 1.55 bits per heavy atom. The van der Waals surface area contributed by atoms with Gasteiger partial charge in [-0.15, -0.1) is 11.6 Å². The fraction of sp³-hybridized carbons (Fsp3) is 0.200. The molecule has 2 nitrogen and oxygen atoms in total. The van der Waals surface area contributed by atoms with E-state index in [0.717, 1.165) is 15.6 Å². The van der Waals surface area contributed by atoms with Gasteiger partial charge in [-0.25, -0.2) is 0 Å². The largest absolute Gasteiger partial charge is 0.493 e. The van der Waals surface area contributed by atoms with E-state index in [-0.39, 0.29) is 5.38 Å². The molecule has 0 heterocycles. The molecule has 5 heteroatoms. The van der Waals surface area contributed by atoms with Crippen molar-refractivity contribution in [2.45, 2.75) is 5.38 Å². The number of methoxy groups -OCH3 is 2. The summed E-state index contributed by atoms with van der Waals surface area (Å²) in [5.41, 5.74) is 1.84. The summed E-state index contributed by atoms with van der Waals surface area (Å²) in [5, 5.41) is 0.328. The third-order valence-corrected chi connectivity index (χ3v) is 4.67. The summed E-state index contributed by atoms with van der Waals surface area (Å²) in [6, 6.07) is 11.3. The molecule has 0 amide bonds.